The van der Waals surface area contributed by atoms with Crippen molar-refractivity contribution in [3.63, 3.8) is 0 Å². The van der Waals surface area contributed by atoms with E-state index in [9.17, 15) is 0 Å². The molecule has 0 unspecified atom stereocenters. The highest BCUT2D eigenvalue weighted by molar-refractivity contribution is 6.30. The molecule has 0 spiro atoms. The maximum absolute atomic E-state index is 5.77. The number of halogens is 2. The Hall–Kier alpha value is -1.85. The molecule has 0 aliphatic heterocycles. The molecule has 5 nitrogen and oxygen atoms in total. The van der Waals surface area contributed by atoms with Crippen molar-refractivity contribution in [2.24, 2.45) is 5.10 Å². The number of aromatic nitrogens is 2. The highest BCUT2D eigenvalue weighted by atomic mass is 35.5. The molecule has 0 bridgehead atoms. The Kier molecular flexibility index (Phi) is 3.96. The minimum atomic E-state index is 0.0895. The SMILES string of the molecule is Nc1nc(Cl)cc(NN=Cc2ccc(Cl)cc2)n1. The summed E-state index contributed by atoms with van der Waals surface area (Å²) in [6.45, 7) is 0. The largest absolute Gasteiger partial charge is 0.368 e. The molecule has 1 aromatic heterocycles. The van der Waals surface area contributed by atoms with Crippen molar-refractivity contribution >= 4 is 41.2 Å². The van der Waals surface area contributed by atoms with Gasteiger partial charge in [0.1, 0.15) is 5.15 Å². The zero-order valence-electron chi connectivity index (χ0n) is 9.14. The van der Waals surface area contributed by atoms with Gasteiger partial charge in [-0.05, 0) is 17.7 Å². The van der Waals surface area contributed by atoms with Gasteiger partial charge >= 0.3 is 0 Å². The molecule has 0 radical (unpaired) electrons. The third-order valence-corrected chi connectivity index (χ3v) is 2.42. The molecule has 1 heterocycles. The van der Waals surface area contributed by atoms with Crippen LogP contribution in [0.25, 0.3) is 0 Å². The van der Waals surface area contributed by atoms with Gasteiger partial charge in [-0.2, -0.15) is 10.1 Å². The van der Waals surface area contributed by atoms with Gasteiger partial charge in [0.25, 0.3) is 0 Å². The van der Waals surface area contributed by atoms with Gasteiger partial charge in [0.2, 0.25) is 5.95 Å². The van der Waals surface area contributed by atoms with Gasteiger partial charge in [0, 0.05) is 11.1 Å². The number of nitrogens with two attached hydrogens (primary N) is 1. The lowest BCUT2D eigenvalue weighted by Crippen LogP contribution is -1.99. The summed E-state index contributed by atoms with van der Waals surface area (Å²) in [7, 11) is 0. The molecule has 0 fully saturated rings. The molecule has 92 valence electrons. The molecule has 0 amide bonds. The molecule has 0 atom stereocenters. The molecule has 0 aliphatic carbocycles. The zero-order chi connectivity index (χ0) is 13.0. The summed E-state index contributed by atoms with van der Waals surface area (Å²) in [5.41, 5.74) is 9.06. The first-order valence-corrected chi connectivity index (χ1v) is 5.74. The van der Waals surface area contributed by atoms with E-state index in [1.54, 1.807) is 18.3 Å². The number of rotatable bonds is 3. The Balaban J connectivity index is 2.04. The van der Waals surface area contributed by atoms with E-state index in [0.717, 1.165) is 5.56 Å². The third-order valence-electron chi connectivity index (χ3n) is 1.97. The summed E-state index contributed by atoms with van der Waals surface area (Å²) in [5, 5.41) is 4.93. The van der Waals surface area contributed by atoms with Gasteiger partial charge in [0.05, 0.1) is 6.21 Å². The van der Waals surface area contributed by atoms with Crippen LogP contribution in [0.4, 0.5) is 11.8 Å². The fourth-order valence-corrected chi connectivity index (χ4v) is 1.53. The number of anilines is 2. The van der Waals surface area contributed by atoms with Crippen LogP contribution in [-0.4, -0.2) is 16.2 Å². The topological polar surface area (TPSA) is 76.2 Å². The normalized spacial score (nSPS) is 10.8. The number of hydrazone groups is 1. The third kappa shape index (κ3) is 3.58. The van der Waals surface area contributed by atoms with Crippen molar-refractivity contribution in [3.05, 3.63) is 46.1 Å². The second-order valence-corrected chi connectivity index (χ2v) is 4.18. The van der Waals surface area contributed by atoms with E-state index in [1.165, 1.54) is 6.07 Å². The molecule has 3 N–H and O–H groups in total. The Bertz CT molecular complexity index is 548. The maximum atomic E-state index is 5.77. The van der Waals surface area contributed by atoms with E-state index < -0.39 is 0 Å². The van der Waals surface area contributed by atoms with E-state index in [2.05, 4.69) is 20.5 Å². The van der Waals surface area contributed by atoms with Crippen molar-refractivity contribution < 1.29 is 0 Å². The van der Waals surface area contributed by atoms with Crippen LogP contribution in [0.15, 0.2) is 35.4 Å². The molecular weight excluding hydrogens is 273 g/mol. The molecule has 2 rings (SSSR count). The van der Waals surface area contributed by atoms with Crippen molar-refractivity contribution in [3.8, 4) is 0 Å². The highest BCUT2D eigenvalue weighted by Crippen LogP contribution is 2.12. The monoisotopic (exact) mass is 281 g/mol. The predicted molar refractivity (Wildman–Crippen MR) is 74.1 cm³/mol. The quantitative estimate of drug-likeness (QED) is 0.515. The van der Waals surface area contributed by atoms with Gasteiger partial charge in [-0.3, -0.25) is 5.43 Å². The van der Waals surface area contributed by atoms with Crippen molar-refractivity contribution in [1.29, 1.82) is 0 Å². The fraction of sp³-hybridized carbons (Fsp3) is 0. The zero-order valence-corrected chi connectivity index (χ0v) is 10.7. The summed E-state index contributed by atoms with van der Waals surface area (Å²) in [6, 6.07) is 8.77. The van der Waals surface area contributed by atoms with Gasteiger partial charge in [-0.25, -0.2) is 4.98 Å². The highest BCUT2D eigenvalue weighted by Gasteiger charge is 1.98. The van der Waals surface area contributed by atoms with E-state index >= 15 is 0 Å². The summed E-state index contributed by atoms with van der Waals surface area (Å²) in [6.07, 6.45) is 1.63. The predicted octanol–water partition coefficient (Wildman–Crippen LogP) is 2.81. The first kappa shape index (κ1) is 12.6. The second kappa shape index (κ2) is 5.66. The first-order valence-electron chi connectivity index (χ1n) is 4.98. The molecule has 2 aromatic rings. The van der Waals surface area contributed by atoms with Crippen LogP contribution in [0.2, 0.25) is 10.2 Å². The average Bonchev–Trinajstić information content (AvgIpc) is 2.30. The Labute approximate surface area is 114 Å². The van der Waals surface area contributed by atoms with Crippen molar-refractivity contribution in [1.82, 2.24) is 9.97 Å². The lowest BCUT2D eigenvalue weighted by molar-refractivity contribution is 1.15. The van der Waals surface area contributed by atoms with Crippen LogP contribution in [0, 0.1) is 0 Å². The van der Waals surface area contributed by atoms with E-state index in [-0.39, 0.29) is 11.1 Å². The van der Waals surface area contributed by atoms with Gasteiger partial charge < -0.3 is 5.73 Å². The number of hydrogen-bond donors (Lipinski definition) is 2. The van der Waals surface area contributed by atoms with E-state index in [4.69, 9.17) is 28.9 Å². The average molecular weight is 282 g/mol. The molecule has 1 aromatic carbocycles. The number of hydrogen-bond acceptors (Lipinski definition) is 5. The van der Waals surface area contributed by atoms with Gasteiger partial charge in [-0.1, -0.05) is 35.3 Å². The summed E-state index contributed by atoms with van der Waals surface area (Å²) in [4.78, 5) is 7.65. The molecule has 7 heteroatoms. The molecule has 0 saturated carbocycles. The summed E-state index contributed by atoms with van der Waals surface area (Å²) < 4.78 is 0. The number of nitrogen functional groups attached to an aromatic ring is 1. The van der Waals surface area contributed by atoms with E-state index in [0.29, 0.717) is 10.8 Å². The van der Waals surface area contributed by atoms with Crippen LogP contribution >= 0.6 is 23.2 Å². The fourth-order valence-electron chi connectivity index (χ4n) is 1.21. The number of nitrogens with one attached hydrogen (secondary N) is 1. The van der Waals surface area contributed by atoms with Crippen LogP contribution in [-0.2, 0) is 0 Å². The second-order valence-electron chi connectivity index (χ2n) is 3.36. The minimum absolute atomic E-state index is 0.0895. The van der Waals surface area contributed by atoms with Crippen LogP contribution in [0.1, 0.15) is 5.56 Å². The minimum Gasteiger partial charge on any atom is -0.368 e. The number of benzene rings is 1. The maximum Gasteiger partial charge on any atom is 0.223 e. The Morgan fingerprint density at radius 3 is 2.56 bits per heavy atom. The van der Waals surface area contributed by atoms with Gasteiger partial charge in [0.15, 0.2) is 5.82 Å². The van der Waals surface area contributed by atoms with Crippen LogP contribution < -0.4 is 11.2 Å². The van der Waals surface area contributed by atoms with E-state index in [1.807, 2.05) is 12.1 Å². The van der Waals surface area contributed by atoms with Crippen molar-refractivity contribution in [2.75, 3.05) is 11.2 Å². The lowest BCUT2D eigenvalue weighted by Gasteiger charge is -2.00. The molecule has 18 heavy (non-hydrogen) atoms. The summed E-state index contributed by atoms with van der Waals surface area (Å²) in [5.74, 6) is 0.518. The lowest BCUT2D eigenvalue weighted by atomic mass is 10.2. The molecule has 0 saturated heterocycles. The summed E-state index contributed by atoms with van der Waals surface area (Å²) >= 11 is 11.5. The first-order chi connectivity index (χ1) is 8.63. The van der Waals surface area contributed by atoms with Crippen LogP contribution in [0.3, 0.4) is 0 Å². The molecule has 0 aliphatic rings. The number of nitrogens with zero attached hydrogens (tertiary/aromatic N) is 3. The molecular formula is C11H9Cl2N5. The van der Waals surface area contributed by atoms with Gasteiger partial charge in [-0.15, -0.1) is 0 Å². The standard InChI is InChI=1S/C11H9Cl2N5/c12-8-3-1-7(2-4-8)6-15-18-10-5-9(13)16-11(14)17-10/h1-6H,(H3,14,16,17,18). The Morgan fingerprint density at radius 2 is 1.89 bits per heavy atom. The van der Waals surface area contributed by atoms with Crippen molar-refractivity contribution in [2.45, 2.75) is 0 Å². The van der Waals surface area contributed by atoms with Crippen LogP contribution in [0.5, 0.6) is 0 Å². The smallest absolute Gasteiger partial charge is 0.223 e. The Morgan fingerprint density at radius 1 is 1.17 bits per heavy atom.